The van der Waals surface area contributed by atoms with Crippen LogP contribution >= 0.6 is 0 Å². The molecule has 0 atom stereocenters. The third-order valence-corrected chi connectivity index (χ3v) is 5.07. The quantitative estimate of drug-likeness (QED) is 0.792. The average Bonchev–Trinajstić information content (AvgIpc) is 2.65. The molecule has 0 saturated carbocycles. The molecule has 0 spiro atoms. The third kappa shape index (κ3) is 3.30. The number of fused-ring (bicyclic) bond motifs is 1. The molecule has 0 amide bonds. The van der Waals surface area contributed by atoms with Crippen molar-refractivity contribution in [1.82, 2.24) is 19.9 Å². The van der Waals surface area contributed by atoms with E-state index in [1.807, 2.05) is 12.1 Å². The average molecular weight is 346 g/mol. The van der Waals surface area contributed by atoms with Crippen LogP contribution < -0.4 is 5.56 Å². The molecule has 26 heavy (non-hydrogen) atoms. The molecule has 1 aromatic carbocycles. The van der Waals surface area contributed by atoms with Gasteiger partial charge in [0.15, 0.2) is 0 Å². The molecule has 0 unspecified atom stereocenters. The number of hydrogen-bond acceptors (Lipinski definition) is 4. The van der Waals surface area contributed by atoms with Crippen molar-refractivity contribution in [3.05, 3.63) is 81.0 Å². The van der Waals surface area contributed by atoms with Gasteiger partial charge in [0, 0.05) is 43.2 Å². The van der Waals surface area contributed by atoms with Gasteiger partial charge in [0.1, 0.15) is 5.82 Å². The zero-order chi connectivity index (χ0) is 18.1. The molecule has 3 heterocycles. The molecule has 1 N–H and O–H groups in total. The topological polar surface area (TPSA) is 61.9 Å². The Hall–Kier alpha value is -2.79. The molecule has 1 aliphatic heterocycles. The van der Waals surface area contributed by atoms with Crippen LogP contribution in [0.2, 0.25) is 0 Å². The van der Waals surface area contributed by atoms with Gasteiger partial charge in [-0.2, -0.15) is 0 Å². The van der Waals surface area contributed by atoms with E-state index in [9.17, 15) is 4.79 Å². The van der Waals surface area contributed by atoms with Crippen molar-refractivity contribution in [2.75, 3.05) is 6.54 Å². The lowest BCUT2D eigenvalue weighted by Crippen LogP contribution is -2.35. The van der Waals surface area contributed by atoms with Crippen LogP contribution in [0.15, 0.2) is 47.5 Å². The van der Waals surface area contributed by atoms with E-state index in [0.29, 0.717) is 12.4 Å². The maximum atomic E-state index is 12.5. The van der Waals surface area contributed by atoms with E-state index in [2.05, 4.69) is 46.9 Å². The Morgan fingerprint density at radius 2 is 2.08 bits per heavy atom. The van der Waals surface area contributed by atoms with Crippen LogP contribution in [-0.4, -0.2) is 26.4 Å². The highest BCUT2D eigenvalue weighted by molar-refractivity contribution is 5.53. The van der Waals surface area contributed by atoms with Crippen LogP contribution in [0.4, 0.5) is 0 Å². The van der Waals surface area contributed by atoms with Crippen molar-refractivity contribution in [2.45, 2.75) is 33.4 Å². The molecule has 5 heteroatoms. The highest BCUT2D eigenvalue weighted by Crippen LogP contribution is 2.20. The zero-order valence-electron chi connectivity index (χ0n) is 15.1. The lowest BCUT2D eigenvalue weighted by atomic mass is 10.0. The van der Waals surface area contributed by atoms with Crippen molar-refractivity contribution in [3.8, 4) is 11.4 Å². The van der Waals surface area contributed by atoms with Crippen LogP contribution in [0.5, 0.6) is 0 Å². The number of aryl methyl sites for hydroxylation is 2. The minimum atomic E-state index is -0.0281. The van der Waals surface area contributed by atoms with E-state index in [1.165, 1.54) is 16.7 Å². The molecule has 4 rings (SSSR count). The summed E-state index contributed by atoms with van der Waals surface area (Å²) in [4.78, 5) is 26.6. The summed E-state index contributed by atoms with van der Waals surface area (Å²) in [5, 5.41) is 0. The Balaban J connectivity index is 1.60. The molecule has 0 aliphatic carbocycles. The SMILES string of the molecule is Cc1ccc(CN2CCc3c(nc(-c4cccnc4)[nH]c3=O)C2)cc1C. The normalized spacial score (nSPS) is 14.2. The first-order valence-corrected chi connectivity index (χ1v) is 8.91. The molecule has 3 aromatic rings. The largest absolute Gasteiger partial charge is 0.306 e. The first-order chi connectivity index (χ1) is 12.6. The second-order valence-corrected chi connectivity index (χ2v) is 6.96. The highest BCUT2D eigenvalue weighted by Gasteiger charge is 2.21. The second kappa shape index (κ2) is 6.84. The van der Waals surface area contributed by atoms with Crippen LogP contribution in [0.3, 0.4) is 0 Å². The van der Waals surface area contributed by atoms with E-state index < -0.39 is 0 Å². The first-order valence-electron chi connectivity index (χ1n) is 8.91. The van der Waals surface area contributed by atoms with Gasteiger partial charge >= 0.3 is 0 Å². The molecule has 0 bridgehead atoms. The summed E-state index contributed by atoms with van der Waals surface area (Å²) in [6.07, 6.45) is 4.17. The van der Waals surface area contributed by atoms with E-state index in [4.69, 9.17) is 4.98 Å². The number of nitrogens with one attached hydrogen (secondary N) is 1. The van der Waals surface area contributed by atoms with Gasteiger partial charge in [-0.15, -0.1) is 0 Å². The summed E-state index contributed by atoms with van der Waals surface area (Å²) in [5.74, 6) is 0.592. The number of aromatic amines is 1. The van der Waals surface area contributed by atoms with E-state index in [1.54, 1.807) is 12.4 Å². The molecule has 1 aliphatic rings. The Kier molecular flexibility index (Phi) is 4.39. The Morgan fingerprint density at radius 3 is 2.85 bits per heavy atom. The lowest BCUT2D eigenvalue weighted by Gasteiger charge is -2.28. The molecule has 0 fully saturated rings. The Morgan fingerprint density at radius 1 is 1.19 bits per heavy atom. The molecule has 0 radical (unpaired) electrons. The molecule has 132 valence electrons. The number of aromatic nitrogens is 3. The number of pyridine rings is 1. The lowest BCUT2D eigenvalue weighted by molar-refractivity contribution is 0.240. The molecular formula is C21H22N4O. The van der Waals surface area contributed by atoms with Crippen molar-refractivity contribution >= 4 is 0 Å². The Bertz CT molecular complexity index is 995. The van der Waals surface area contributed by atoms with Gasteiger partial charge in [-0.3, -0.25) is 14.7 Å². The third-order valence-electron chi connectivity index (χ3n) is 5.07. The number of H-pyrrole nitrogens is 1. The molecule has 2 aromatic heterocycles. The van der Waals surface area contributed by atoms with E-state index >= 15 is 0 Å². The predicted molar refractivity (Wildman–Crippen MR) is 102 cm³/mol. The summed E-state index contributed by atoms with van der Waals surface area (Å²) in [6, 6.07) is 10.4. The van der Waals surface area contributed by atoms with Crippen LogP contribution in [0, 0.1) is 13.8 Å². The summed E-state index contributed by atoms with van der Waals surface area (Å²) in [6.45, 7) is 6.71. The second-order valence-electron chi connectivity index (χ2n) is 6.96. The zero-order valence-corrected chi connectivity index (χ0v) is 15.1. The van der Waals surface area contributed by atoms with Gasteiger partial charge in [0.2, 0.25) is 0 Å². The molecule has 5 nitrogen and oxygen atoms in total. The maximum Gasteiger partial charge on any atom is 0.254 e. The summed E-state index contributed by atoms with van der Waals surface area (Å²) < 4.78 is 0. The smallest absolute Gasteiger partial charge is 0.254 e. The molecule has 0 saturated heterocycles. The maximum absolute atomic E-state index is 12.5. The van der Waals surface area contributed by atoms with Gasteiger partial charge in [0.25, 0.3) is 5.56 Å². The van der Waals surface area contributed by atoms with Crippen molar-refractivity contribution in [3.63, 3.8) is 0 Å². The number of nitrogens with zero attached hydrogens (tertiary/aromatic N) is 3. The fourth-order valence-corrected chi connectivity index (χ4v) is 3.43. The van der Waals surface area contributed by atoms with Crippen LogP contribution in [0.25, 0.3) is 11.4 Å². The predicted octanol–water partition coefficient (Wildman–Crippen LogP) is 3.01. The van der Waals surface area contributed by atoms with E-state index in [0.717, 1.165) is 36.3 Å². The van der Waals surface area contributed by atoms with Gasteiger partial charge in [-0.05, 0) is 49.1 Å². The minimum Gasteiger partial charge on any atom is -0.306 e. The first kappa shape index (κ1) is 16.7. The monoisotopic (exact) mass is 346 g/mol. The number of benzene rings is 1. The summed E-state index contributed by atoms with van der Waals surface area (Å²) >= 11 is 0. The van der Waals surface area contributed by atoms with Crippen molar-refractivity contribution < 1.29 is 0 Å². The Labute approximate surface area is 152 Å². The van der Waals surface area contributed by atoms with Crippen LogP contribution in [0.1, 0.15) is 27.9 Å². The number of hydrogen-bond donors (Lipinski definition) is 1. The van der Waals surface area contributed by atoms with Gasteiger partial charge < -0.3 is 4.98 Å². The fourth-order valence-electron chi connectivity index (χ4n) is 3.43. The fraction of sp³-hybridized carbons (Fsp3) is 0.286. The number of rotatable bonds is 3. The summed E-state index contributed by atoms with van der Waals surface area (Å²) in [5.41, 5.74) is 6.42. The van der Waals surface area contributed by atoms with E-state index in [-0.39, 0.29) is 5.56 Å². The van der Waals surface area contributed by atoms with Crippen LogP contribution in [-0.2, 0) is 19.5 Å². The van der Waals surface area contributed by atoms with Gasteiger partial charge in [-0.25, -0.2) is 4.98 Å². The van der Waals surface area contributed by atoms with Crippen molar-refractivity contribution in [2.24, 2.45) is 0 Å². The minimum absolute atomic E-state index is 0.0281. The standard InChI is InChI=1S/C21H22N4O/c1-14-5-6-16(10-15(14)2)12-25-9-7-18-19(13-25)23-20(24-21(18)26)17-4-3-8-22-11-17/h3-6,8,10-11H,7,9,12-13H2,1-2H3,(H,23,24,26). The highest BCUT2D eigenvalue weighted by atomic mass is 16.1. The molecular weight excluding hydrogens is 324 g/mol. The van der Waals surface area contributed by atoms with Crippen molar-refractivity contribution in [1.29, 1.82) is 0 Å². The summed E-state index contributed by atoms with van der Waals surface area (Å²) in [7, 11) is 0. The van der Waals surface area contributed by atoms with Gasteiger partial charge in [0.05, 0.1) is 5.69 Å². The van der Waals surface area contributed by atoms with Gasteiger partial charge in [-0.1, -0.05) is 18.2 Å².